The van der Waals surface area contributed by atoms with E-state index in [4.69, 9.17) is 0 Å². The van der Waals surface area contributed by atoms with Crippen LogP contribution in [-0.2, 0) is 0 Å². The first kappa shape index (κ1) is 7.14. The van der Waals surface area contributed by atoms with Crippen molar-refractivity contribution in [1.82, 2.24) is 20.6 Å². The third-order valence-corrected chi connectivity index (χ3v) is 3.00. The molecule has 9 heavy (non-hydrogen) atoms. The summed E-state index contributed by atoms with van der Waals surface area (Å²) < 4.78 is 0. The van der Waals surface area contributed by atoms with E-state index in [0.717, 1.165) is 5.33 Å². The zero-order valence-electron chi connectivity index (χ0n) is 4.33. The zero-order chi connectivity index (χ0) is 6.69. The van der Waals surface area contributed by atoms with Crippen molar-refractivity contribution in [2.24, 2.45) is 0 Å². The Kier molecular flexibility index (Phi) is 2.59. The van der Waals surface area contributed by atoms with Crippen LogP contribution >= 0.6 is 31.9 Å². The van der Waals surface area contributed by atoms with Gasteiger partial charge in [-0.15, -0.1) is 0 Å². The van der Waals surface area contributed by atoms with Crippen LogP contribution in [0.3, 0.4) is 0 Å². The predicted octanol–water partition coefficient (Wildman–Crippen LogP) is 0.660. The molecule has 0 fully saturated rings. The van der Waals surface area contributed by atoms with Gasteiger partial charge in [-0.3, -0.25) is 10.3 Å². The Balaban J connectivity index is 2.65. The van der Waals surface area contributed by atoms with E-state index in [1.807, 2.05) is 0 Å². The van der Waals surface area contributed by atoms with Gasteiger partial charge in [0.25, 0.3) is 0 Å². The van der Waals surface area contributed by atoms with Gasteiger partial charge in [0.1, 0.15) is 0 Å². The monoisotopic (exact) mass is 253 g/mol. The molecule has 0 N–H and O–H groups in total. The van der Waals surface area contributed by atoms with Crippen molar-refractivity contribution in [1.29, 1.82) is 0 Å². The maximum absolute atomic E-state index is 3.64. The zero-order valence-corrected chi connectivity index (χ0v) is 7.50. The van der Waals surface area contributed by atoms with Gasteiger partial charge in [-0.2, -0.15) is 5.21 Å². The van der Waals surface area contributed by atoms with E-state index in [0.29, 0.717) is 5.82 Å². The fourth-order valence-electron chi connectivity index (χ4n) is 0.346. The first-order valence-corrected chi connectivity index (χ1v) is 4.27. The van der Waals surface area contributed by atoms with Crippen LogP contribution in [0.1, 0.15) is 10.7 Å². The number of hydrogen-bond acceptors (Lipinski definition) is 3. The predicted molar refractivity (Wildman–Crippen MR) is 38.6 cm³/mol. The van der Waals surface area contributed by atoms with Crippen molar-refractivity contribution < 1.29 is 0 Å². The molecule has 0 aromatic carbocycles. The Morgan fingerprint density at radius 2 is 2.44 bits per heavy atom. The van der Waals surface area contributed by atoms with Crippen LogP contribution in [0.4, 0.5) is 0 Å². The lowest BCUT2D eigenvalue weighted by Crippen LogP contribution is -1.94. The molecule has 0 saturated heterocycles. The molecular formula is C3H3Br2N4-. The molecule has 0 aliphatic heterocycles. The summed E-state index contributed by atoms with van der Waals surface area (Å²) in [6.45, 7) is 0. The van der Waals surface area contributed by atoms with E-state index in [-0.39, 0.29) is 4.83 Å². The Hall–Kier alpha value is 0.0300. The number of tetrazole rings is 1. The molecule has 1 aromatic rings. The van der Waals surface area contributed by atoms with Gasteiger partial charge in [-0.05, 0) is 0 Å². The molecule has 0 aliphatic rings. The number of rotatable bonds is 2. The Morgan fingerprint density at radius 3 is 2.89 bits per heavy atom. The molecular weight excluding hydrogens is 252 g/mol. The van der Waals surface area contributed by atoms with Crippen molar-refractivity contribution >= 4 is 31.9 Å². The topological polar surface area (TPSA) is 52.8 Å². The summed E-state index contributed by atoms with van der Waals surface area (Å²) in [5.41, 5.74) is 0. The SMILES string of the molecule is BrC[C@H](Br)c1nnn[n-]1. The molecule has 0 unspecified atom stereocenters. The number of nitrogens with zero attached hydrogens (tertiary/aromatic N) is 4. The summed E-state index contributed by atoms with van der Waals surface area (Å²) >= 11 is 6.57. The second-order valence-electron chi connectivity index (χ2n) is 1.36. The molecule has 4 nitrogen and oxygen atoms in total. The summed E-state index contributed by atoms with van der Waals surface area (Å²) in [5, 5.41) is 14.7. The summed E-state index contributed by atoms with van der Waals surface area (Å²) in [7, 11) is 0. The third kappa shape index (κ3) is 1.72. The molecule has 1 heterocycles. The lowest BCUT2D eigenvalue weighted by molar-refractivity contribution is 0.870. The van der Waals surface area contributed by atoms with Crippen molar-refractivity contribution in [2.75, 3.05) is 5.33 Å². The fourth-order valence-corrected chi connectivity index (χ4v) is 0.819. The Morgan fingerprint density at radius 1 is 1.67 bits per heavy atom. The van der Waals surface area contributed by atoms with E-state index < -0.39 is 0 Å². The van der Waals surface area contributed by atoms with Gasteiger partial charge in [0.15, 0.2) is 0 Å². The second kappa shape index (κ2) is 3.26. The number of hydrogen-bond donors (Lipinski definition) is 0. The average Bonchev–Trinajstić information content (AvgIpc) is 2.37. The Labute approximate surface area is 68.7 Å². The normalized spacial score (nSPS) is 13.6. The minimum absolute atomic E-state index is 0.118. The maximum Gasteiger partial charge on any atom is 0.0559 e. The first-order chi connectivity index (χ1) is 4.34. The van der Waals surface area contributed by atoms with Crippen LogP contribution in [0.15, 0.2) is 0 Å². The highest BCUT2D eigenvalue weighted by molar-refractivity contribution is 9.12. The molecule has 0 bridgehead atoms. The van der Waals surface area contributed by atoms with E-state index in [2.05, 4.69) is 52.5 Å². The van der Waals surface area contributed by atoms with E-state index >= 15 is 0 Å². The summed E-state index contributed by atoms with van der Waals surface area (Å²) in [6, 6.07) is 0. The molecule has 0 amide bonds. The first-order valence-electron chi connectivity index (χ1n) is 2.23. The molecule has 0 saturated carbocycles. The van der Waals surface area contributed by atoms with Crippen molar-refractivity contribution in [3.8, 4) is 0 Å². The molecule has 50 valence electrons. The molecule has 6 heteroatoms. The van der Waals surface area contributed by atoms with Gasteiger partial charge >= 0.3 is 0 Å². The van der Waals surface area contributed by atoms with Crippen LogP contribution in [0.5, 0.6) is 0 Å². The van der Waals surface area contributed by atoms with Gasteiger partial charge in [-0.25, -0.2) is 0 Å². The molecule has 0 spiro atoms. The number of alkyl halides is 2. The standard InChI is InChI=1S/C3H3Br2N4/c4-1-2(5)3-6-8-9-7-3/h2H,1H2/q-1/t2-/m0/s1. The van der Waals surface area contributed by atoms with Crippen LogP contribution in [-0.4, -0.2) is 20.9 Å². The summed E-state index contributed by atoms with van der Waals surface area (Å²) in [6.07, 6.45) is 0. The fraction of sp³-hybridized carbons (Fsp3) is 0.667. The lowest BCUT2D eigenvalue weighted by Gasteiger charge is -2.01. The van der Waals surface area contributed by atoms with E-state index in [1.54, 1.807) is 0 Å². The quantitative estimate of drug-likeness (QED) is 0.728. The molecule has 0 radical (unpaired) electrons. The van der Waals surface area contributed by atoms with Crippen LogP contribution in [0.2, 0.25) is 0 Å². The van der Waals surface area contributed by atoms with Gasteiger partial charge in [-0.1, -0.05) is 31.9 Å². The van der Waals surface area contributed by atoms with Gasteiger partial charge in [0.05, 0.1) is 4.83 Å². The number of aromatic nitrogens is 4. The van der Waals surface area contributed by atoms with Gasteiger partial charge in [0, 0.05) is 11.2 Å². The summed E-state index contributed by atoms with van der Waals surface area (Å²) in [5.74, 6) is 0.617. The largest absolute Gasteiger partial charge is 0.334 e. The molecule has 1 rings (SSSR count). The van der Waals surface area contributed by atoms with Crippen molar-refractivity contribution in [3.05, 3.63) is 5.82 Å². The van der Waals surface area contributed by atoms with Crippen molar-refractivity contribution in [3.63, 3.8) is 0 Å². The van der Waals surface area contributed by atoms with Gasteiger partial charge in [0.2, 0.25) is 0 Å². The average molecular weight is 255 g/mol. The minimum Gasteiger partial charge on any atom is -0.334 e. The lowest BCUT2D eigenvalue weighted by atomic mass is 10.5. The van der Waals surface area contributed by atoms with Crippen LogP contribution in [0.25, 0.3) is 0 Å². The van der Waals surface area contributed by atoms with Gasteiger partial charge < -0.3 is 5.10 Å². The highest BCUT2D eigenvalue weighted by Crippen LogP contribution is 2.18. The second-order valence-corrected chi connectivity index (χ2v) is 3.11. The van der Waals surface area contributed by atoms with E-state index in [1.165, 1.54) is 0 Å². The third-order valence-electron chi connectivity index (χ3n) is 0.750. The maximum atomic E-state index is 3.64. The highest BCUT2D eigenvalue weighted by Gasteiger charge is 2.01. The minimum atomic E-state index is 0.118. The number of halogens is 2. The van der Waals surface area contributed by atoms with Crippen LogP contribution < -0.4 is 5.10 Å². The highest BCUT2D eigenvalue weighted by atomic mass is 79.9. The smallest absolute Gasteiger partial charge is 0.0559 e. The molecule has 1 atom stereocenters. The van der Waals surface area contributed by atoms with Crippen molar-refractivity contribution in [2.45, 2.75) is 4.83 Å². The van der Waals surface area contributed by atoms with Crippen LogP contribution in [0, 0.1) is 0 Å². The molecule has 0 aliphatic carbocycles. The summed E-state index contributed by atoms with van der Waals surface area (Å²) in [4.78, 5) is 0.118. The Bertz CT molecular complexity index is 162. The molecule has 1 aromatic heterocycles. The van der Waals surface area contributed by atoms with E-state index in [9.17, 15) is 0 Å².